The summed E-state index contributed by atoms with van der Waals surface area (Å²) in [4.78, 5) is 2.44. The van der Waals surface area contributed by atoms with E-state index in [1.165, 1.54) is 0 Å². The first-order valence-electron chi connectivity index (χ1n) is 5.02. The maximum Gasteiger partial charge on any atom is 0.253 e. The van der Waals surface area contributed by atoms with Crippen molar-refractivity contribution in [2.24, 2.45) is 0 Å². The summed E-state index contributed by atoms with van der Waals surface area (Å²) >= 11 is 0. The van der Waals surface area contributed by atoms with E-state index in [0.717, 1.165) is 0 Å². The molecule has 1 rings (SSSR count). The maximum atomic E-state index is 13.1. The van der Waals surface area contributed by atoms with E-state index in [4.69, 9.17) is 4.74 Å². The Bertz CT molecular complexity index is 374. The molecule has 1 unspecified atom stereocenters. The van der Waals surface area contributed by atoms with Crippen LogP contribution in [0.2, 0.25) is 0 Å². The predicted molar refractivity (Wildman–Crippen MR) is 53.6 cm³/mol. The van der Waals surface area contributed by atoms with Crippen LogP contribution in [0.15, 0.2) is 0 Å². The third kappa shape index (κ3) is 3.29. The number of pyridine rings is 1. The van der Waals surface area contributed by atoms with E-state index in [1.54, 1.807) is 13.8 Å². The summed E-state index contributed by atoms with van der Waals surface area (Å²) in [7, 11) is 0. The maximum absolute atomic E-state index is 13.1. The Morgan fingerprint density at radius 1 is 1.18 bits per heavy atom. The van der Waals surface area contributed by atoms with Gasteiger partial charge in [0.05, 0.1) is 6.10 Å². The minimum Gasteiger partial charge on any atom is -0.377 e. The zero-order valence-corrected chi connectivity index (χ0v) is 9.36. The van der Waals surface area contributed by atoms with Crippen molar-refractivity contribution >= 4 is 5.69 Å². The first-order valence-corrected chi connectivity index (χ1v) is 5.02. The predicted octanol–water partition coefficient (Wildman–Crippen LogP) is 2.47. The smallest absolute Gasteiger partial charge is 0.253 e. The topological polar surface area (TPSA) is 34.1 Å². The minimum atomic E-state index is -1.68. The van der Waals surface area contributed by atoms with Gasteiger partial charge in [-0.3, -0.25) is 0 Å². The molecule has 1 N–H and O–H groups in total. The molecule has 0 radical (unpaired) electrons. The molecule has 0 saturated carbocycles. The fourth-order valence-corrected chi connectivity index (χ4v) is 1.23. The molecule has 0 amide bonds. The molecule has 0 saturated heterocycles. The minimum absolute atomic E-state index is 0.0184. The molecule has 0 aliphatic carbocycles. The highest BCUT2D eigenvalue weighted by atomic mass is 19.2. The number of rotatable bonds is 5. The van der Waals surface area contributed by atoms with Crippen LogP contribution in [0.5, 0.6) is 0 Å². The van der Waals surface area contributed by atoms with E-state index >= 15 is 0 Å². The number of hydrogen-bond donors (Lipinski definition) is 1. The van der Waals surface area contributed by atoms with Crippen molar-refractivity contribution in [3.05, 3.63) is 23.5 Å². The third-order valence-corrected chi connectivity index (χ3v) is 2.02. The summed E-state index contributed by atoms with van der Waals surface area (Å²) in [6.45, 7) is 3.85. The van der Waals surface area contributed by atoms with Gasteiger partial charge in [-0.1, -0.05) is 0 Å². The van der Waals surface area contributed by atoms with Crippen LogP contribution in [0, 0.1) is 23.5 Å². The monoisotopic (exact) mass is 252 g/mol. The van der Waals surface area contributed by atoms with Gasteiger partial charge in [-0.2, -0.15) is 22.5 Å². The Morgan fingerprint density at radius 3 is 2.18 bits per heavy atom. The molecule has 17 heavy (non-hydrogen) atoms. The Kier molecular flexibility index (Phi) is 4.68. The molecule has 0 aliphatic heterocycles. The largest absolute Gasteiger partial charge is 0.377 e. The van der Waals surface area contributed by atoms with Gasteiger partial charge < -0.3 is 10.1 Å². The first-order chi connectivity index (χ1) is 7.97. The van der Waals surface area contributed by atoms with Gasteiger partial charge in [-0.25, -0.2) is 0 Å². The summed E-state index contributed by atoms with van der Waals surface area (Å²) in [5, 5.41) is 2.25. The van der Waals surface area contributed by atoms with Crippen LogP contribution in [0.25, 0.3) is 0 Å². The molecule has 0 bridgehead atoms. The summed E-state index contributed by atoms with van der Waals surface area (Å²) in [6, 6.07) is 0. The van der Waals surface area contributed by atoms with Gasteiger partial charge in [-0.15, -0.1) is 0 Å². The lowest BCUT2D eigenvalue weighted by molar-refractivity contribution is 0.0854. The van der Waals surface area contributed by atoms with Crippen LogP contribution < -0.4 is 5.32 Å². The second-order valence-electron chi connectivity index (χ2n) is 3.34. The quantitative estimate of drug-likeness (QED) is 0.645. The van der Waals surface area contributed by atoms with E-state index in [1.807, 2.05) is 0 Å². The van der Waals surface area contributed by atoms with Gasteiger partial charge in [0.1, 0.15) is 5.69 Å². The molecule has 0 fully saturated rings. The number of nitrogens with one attached hydrogen (secondary N) is 1. The zero-order chi connectivity index (χ0) is 13.0. The molecule has 1 aromatic rings. The number of aromatic nitrogens is 1. The molecule has 3 nitrogen and oxygen atoms in total. The van der Waals surface area contributed by atoms with Crippen LogP contribution in [0.4, 0.5) is 23.2 Å². The lowest BCUT2D eigenvalue weighted by Gasteiger charge is -2.14. The van der Waals surface area contributed by atoms with E-state index < -0.39 is 29.2 Å². The average Bonchev–Trinajstić information content (AvgIpc) is 2.27. The number of ether oxygens (including phenoxy) is 1. The van der Waals surface area contributed by atoms with Crippen molar-refractivity contribution in [3.63, 3.8) is 0 Å². The Hall–Kier alpha value is -1.37. The number of nitrogens with zero attached hydrogens (tertiary/aromatic N) is 1. The van der Waals surface area contributed by atoms with Crippen LogP contribution in [0.3, 0.4) is 0 Å². The second kappa shape index (κ2) is 5.81. The Morgan fingerprint density at radius 2 is 1.71 bits per heavy atom. The highest BCUT2D eigenvalue weighted by Gasteiger charge is 2.20. The molecule has 0 aliphatic rings. The molecule has 1 aromatic heterocycles. The first kappa shape index (κ1) is 13.7. The third-order valence-electron chi connectivity index (χ3n) is 2.02. The lowest BCUT2D eigenvalue weighted by atomic mass is 10.3. The van der Waals surface area contributed by atoms with Gasteiger partial charge in [0.2, 0.25) is 11.6 Å². The lowest BCUT2D eigenvalue weighted by Crippen LogP contribution is -2.21. The summed E-state index contributed by atoms with van der Waals surface area (Å²) in [6.07, 6.45) is -0.349. The van der Waals surface area contributed by atoms with Crippen molar-refractivity contribution in [1.82, 2.24) is 4.98 Å². The van der Waals surface area contributed by atoms with Crippen LogP contribution in [0.1, 0.15) is 13.8 Å². The van der Waals surface area contributed by atoms with Crippen molar-refractivity contribution in [2.75, 3.05) is 18.5 Å². The normalized spacial score (nSPS) is 12.6. The molecular formula is C10H12F4N2O. The van der Waals surface area contributed by atoms with Gasteiger partial charge in [0.15, 0.2) is 0 Å². The standard InChI is InChI=1S/C10H12F4N2O/c1-3-17-5(2)4-15-8-6(11)9(13)16-10(14)7(8)12/h5H,3-4H2,1-2H3,(H,15,16). The Labute approximate surface area is 95.8 Å². The van der Waals surface area contributed by atoms with Crippen LogP contribution >= 0.6 is 0 Å². The molecular weight excluding hydrogens is 240 g/mol. The highest BCUT2D eigenvalue weighted by Crippen LogP contribution is 2.21. The van der Waals surface area contributed by atoms with Gasteiger partial charge >= 0.3 is 0 Å². The second-order valence-corrected chi connectivity index (χ2v) is 3.34. The van der Waals surface area contributed by atoms with E-state index in [9.17, 15) is 17.6 Å². The van der Waals surface area contributed by atoms with Crippen LogP contribution in [-0.2, 0) is 4.74 Å². The van der Waals surface area contributed by atoms with Crippen molar-refractivity contribution in [3.8, 4) is 0 Å². The van der Waals surface area contributed by atoms with E-state index in [2.05, 4.69) is 10.3 Å². The van der Waals surface area contributed by atoms with Crippen molar-refractivity contribution in [2.45, 2.75) is 20.0 Å². The van der Waals surface area contributed by atoms with Crippen molar-refractivity contribution in [1.29, 1.82) is 0 Å². The van der Waals surface area contributed by atoms with Gasteiger partial charge in [0, 0.05) is 13.2 Å². The zero-order valence-electron chi connectivity index (χ0n) is 9.36. The number of anilines is 1. The molecule has 0 aromatic carbocycles. The number of halogens is 4. The van der Waals surface area contributed by atoms with Gasteiger partial charge in [-0.05, 0) is 13.8 Å². The fraction of sp³-hybridized carbons (Fsp3) is 0.500. The molecule has 96 valence electrons. The molecule has 0 spiro atoms. The van der Waals surface area contributed by atoms with Crippen LogP contribution in [-0.4, -0.2) is 24.2 Å². The average molecular weight is 252 g/mol. The van der Waals surface area contributed by atoms with E-state index in [0.29, 0.717) is 6.61 Å². The fourth-order valence-electron chi connectivity index (χ4n) is 1.23. The molecule has 7 heteroatoms. The molecule has 1 atom stereocenters. The SMILES string of the molecule is CCOC(C)CNc1c(F)c(F)nc(F)c1F. The highest BCUT2D eigenvalue weighted by molar-refractivity contribution is 5.45. The summed E-state index contributed by atoms with van der Waals surface area (Å²) < 4.78 is 56.8. The number of hydrogen-bond acceptors (Lipinski definition) is 3. The van der Waals surface area contributed by atoms with E-state index in [-0.39, 0.29) is 12.6 Å². The summed E-state index contributed by atoms with van der Waals surface area (Å²) in [5.41, 5.74) is -0.874. The van der Waals surface area contributed by atoms with Gasteiger partial charge in [0.25, 0.3) is 11.9 Å². The summed E-state index contributed by atoms with van der Waals surface area (Å²) in [5.74, 6) is -6.47. The molecule has 1 heterocycles. The Balaban J connectivity index is 2.83. The van der Waals surface area contributed by atoms with Crippen molar-refractivity contribution < 1.29 is 22.3 Å².